The molecule has 1 unspecified atom stereocenters. The van der Waals surface area contributed by atoms with Crippen molar-refractivity contribution < 1.29 is 9.59 Å². The van der Waals surface area contributed by atoms with Crippen LogP contribution in [-0.2, 0) is 9.59 Å². The summed E-state index contributed by atoms with van der Waals surface area (Å²) in [6.07, 6.45) is 7.25. The van der Waals surface area contributed by atoms with Crippen LogP contribution in [0.15, 0.2) is 18.3 Å². The number of rotatable bonds is 2. The Balaban J connectivity index is 1.82. The molecule has 2 amide bonds. The van der Waals surface area contributed by atoms with Crippen LogP contribution in [0, 0.1) is 12.8 Å². The average molecular weight is 287 g/mol. The maximum atomic E-state index is 12.7. The van der Waals surface area contributed by atoms with Crippen LogP contribution in [0.5, 0.6) is 0 Å². The number of nitrogens with zero attached hydrogens (tertiary/aromatic N) is 2. The Bertz CT molecular complexity index is 535. The number of anilines is 1. The summed E-state index contributed by atoms with van der Waals surface area (Å²) in [5.41, 5.74) is 1.61. The predicted molar refractivity (Wildman–Crippen MR) is 79.8 cm³/mol. The minimum absolute atomic E-state index is 0.00662. The number of aryl methyl sites for hydroxylation is 1. The Kier molecular flexibility index (Phi) is 3.90. The van der Waals surface area contributed by atoms with E-state index in [-0.39, 0.29) is 30.3 Å². The Morgan fingerprint density at radius 3 is 2.62 bits per heavy atom. The van der Waals surface area contributed by atoms with E-state index in [9.17, 15) is 9.59 Å². The predicted octanol–water partition coefficient (Wildman–Crippen LogP) is 1.80. The van der Waals surface area contributed by atoms with Gasteiger partial charge < -0.3 is 5.32 Å². The lowest BCUT2D eigenvalue weighted by Crippen LogP contribution is -2.61. The molecule has 1 aromatic heterocycles. The second-order valence-electron chi connectivity index (χ2n) is 6.03. The summed E-state index contributed by atoms with van der Waals surface area (Å²) in [4.78, 5) is 30.5. The molecule has 1 saturated heterocycles. The zero-order valence-corrected chi connectivity index (χ0v) is 12.3. The number of hydrogen-bond acceptors (Lipinski definition) is 3. The van der Waals surface area contributed by atoms with Gasteiger partial charge in [-0.15, -0.1) is 0 Å². The van der Waals surface area contributed by atoms with E-state index >= 15 is 0 Å². The molecule has 0 aromatic carbocycles. The van der Waals surface area contributed by atoms with Gasteiger partial charge in [0.25, 0.3) is 0 Å². The van der Waals surface area contributed by atoms with Crippen LogP contribution >= 0.6 is 0 Å². The van der Waals surface area contributed by atoms with Gasteiger partial charge in [-0.05, 0) is 37.8 Å². The summed E-state index contributed by atoms with van der Waals surface area (Å²) < 4.78 is 0. The van der Waals surface area contributed by atoms with Gasteiger partial charge in [-0.2, -0.15) is 0 Å². The van der Waals surface area contributed by atoms with Crippen molar-refractivity contribution >= 4 is 17.5 Å². The normalized spacial score (nSPS) is 24.0. The molecular weight excluding hydrogens is 266 g/mol. The zero-order chi connectivity index (χ0) is 14.8. The van der Waals surface area contributed by atoms with Gasteiger partial charge in [-0.3, -0.25) is 19.5 Å². The minimum atomic E-state index is -0.368. The quantitative estimate of drug-likeness (QED) is 0.902. The second kappa shape index (κ2) is 5.84. The third-order valence-electron chi connectivity index (χ3n) is 4.48. The molecule has 112 valence electrons. The molecule has 1 saturated carbocycles. The summed E-state index contributed by atoms with van der Waals surface area (Å²) in [5, 5.41) is 2.90. The SMILES string of the molecule is Cc1ccc(N2CC(=O)NC(C3CCCCC3)C2=O)cn1. The van der Waals surface area contributed by atoms with Crippen LogP contribution < -0.4 is 10.2 Å². The highest BCUT2D eigenvalue weighted by molar-refractivity contribution is 6.06. The maximum absolute atomic E-state index is 12.7. The smallest absolute Gasteiger partial charge is 0.250 e. The van der Waals surface area contributed by atoms with Crippen LogP contribution in [0.3, 0.4) is 0 Å². The van der Waals surface area contributed by atoms with Gasteiger partial charge >= 0.3 is 0 Å². The van der Waals surface area contributed by atoms with E-state index in [2.05, 4.69) is 10.3 Å². The Hall–Kier alpha value is -1.91. The van der Waals surface area contributed by atoms with Crippen molar-refractivity contribution in [2.45, 2.75) is 45.1 Å². The lowest BCUT2D eigenvalue weighted by molar-refractivity contribution is -0.132. The fourth-order valence-electron chi connectivity index (χ4n) is 3.30. The van der Waals surface area contributed by atoms with E-state index < -0.39 is 0 Å². The van der Waals surface area contributed by atoms with Crippen molar-refractivity contribution in [2.75, 3.05) is 11.4 Å². The Morgan fingerprint density at radius 2 is 1.95 bits per heavy atom. The number of carbonyl (C=O) groups excluding carboxylic acids is 2. The maximum Gasteiger partial charge on any atom is 0.250 e. The van der Waals surface area contributed by atoms with Gasteiger partial charge in [0.2, 0.25) is 11.8 Å². The molecule has 21 heavy (non-hydrogen) atoms. The molecule has 2 aliphatic rings. The van der Waals surface area contributed by atoms with Crippen molar-refractivity contribution in [1.82, 2.24) is 10.3 Å². The number of nitrogens with one attached hydrogen (secondary N) is 1. The first kappa shape index (κ1) is 14.0. The molecule has 1 aromatic rings. The second-order valence-corrected chi connectivity index (χ2v) is 6.03. The summed E-state index contributed by atoms with van der Waals surface area (Å²) in [6, 6.07) is 3.36. The fourth-order valence-corrected chi connectivity index (χ4v) is 3.30. The number of carbonyl (C=O) groups is 2. The molecule has 1 aliphatic heterocycles. The van der Waals surface area contributed by atoms with Crippen molar-refractivity contribution in [2.24, 2.45) is 5.92 Å². The van der Waals surface area contributed by atoms with E-state index in [1.54, 1.807) is 11.1 Å². The van der Waals surface area contributed by atoms with Crippen LogP contribution in [0.25, 0.3) is 0 Å². The van der Waals surface area contributed by atoms with Crippen LogP contribution in [0.1, 0.15) is 37.8 Å². The van der Waals surface area contributed by atoms with E-state index in [0.717, 1.165) is 31.4 Å². The summed E-state index contributed by atoms with van der Waals surface area (Å²) >= 11 is 0. The zero-order valence-electron chi connectivity index (χ0n) is 12.3. The lowest BCUT2D eigenvalue weighted by atomic mass is 9.82. The summed E-state index contributed by atoms with van der Waals surface area (Å²) in [5.74, 6) is 0.203. The molecule has 1 aliphatic carbocycles. The number of piperazine rings is 1. The standard InChI is InChI=1S/C16H21N3O2/c1-11-7-8-13(9-17-11)19-10-14(20)18-15(16(19)21)12-5-3-2-4-6-12/h7-9,12,15H,2-6,10H2,1H3,(H,18,20). The molecule has 5 heteroatoms. The first-order valence-corrected chi connectivity index (χ1v) is 7.68. The van der Waals surface area contributed by atoms with E-state index in [1.165, 1.54) is 6.42 Å². The van der Waals surface area contributed by atoms with E-state index in [1.807, 2.05) is 19.1 Å². The topological polar surface area (TPSA) is 62.3 Å². The molecule has 2 fully saturated rings. The number of aromatic nitrogens is 1. The molecular formula is C16H21N3O2. The highest BCUT2D eigenvalue weighted by atomic mass is 16.2. The number of pyridine rings is 1. The third-order valence-corrected chi connectivity index (χ3v) is 4.48. The van der Waals surface area contributed by atoms with Crippen molar-refractivity contribution in [3.05, 3.63) is 24.0 Å². The Labute approximate surface area is 124 Å². The van der Waals surface area contributed by atoms with Crippen molar-refractivity contribution in [3.8, 4) is 0 Å². The lowest BCUT2D eigenvalue weighted by Gasteiger charge is -2.37. The minimum Gasteiger partial charge on any atom is -0.342 e. The first-order chi connectivity index (χ1) is 10.1. The van der Waals surface area contributed by atoms with Gasteiger partial charge in [-0.25, -0.2) is 0 Å². The van der Waals surface area contributed by atoms with Crippen LogP contribution in [0.4, 0.5) is 5.69 Å². The van der Waals surface area contributed by atoms with Gasteiger partial charge in [0.05, 0.1) is 11.9 Å². The van der Waals surface area contributed by atoms with E-state index in [4.69, 9.17) is 0 Å². The van der Waals surface area contributed by atoms with Crippen LogP contribution in [0.2, 0.25) is 0 Å². The number of amides is 2. The highest BCUT2D eigenvalue weighted by Crippen LogP contribution is 2.29. The molecule has 1 atom stereocenters. The molecule has 2 heterocycles. The van der Waals surface area contributed by atoms with Crippen molar-refractivity contribution in [1.29, 1.82) is 0 Å². The molecule has 0 spiro atoms. The summed E-state index contributed by atoms with van der Waals surface area (Å²) in [6.45, 7) is 1.99. The van der Waals surface area contributed by atoms with Gasteiger partial charge in [0, 0.05) is 5.69 Å². The van der Waals surface area contributed by atoms with Gasteiger partial charge in [0.15, 0.2) is 0 Å². The average Bonchev–Trinajstić information content (AvgIpc) is 2.51. The van der Waals surface area contributed by atoms with Crippen molar-refractivity contribution in [3.63, 3.8) is 0 Å². The Morgan fingerprint density at radius 1 is 1.19 bits per heavy atom. The summed E-state index contributed by atoms with van der Waals surface area (Å²) in [7, 11) is 0. The monoisotopic (exact) mass is 287 g/mol. The number of hydrogen-bond donors (Lipinski definition) is 1. The van der Waals surface area contributed by atoms with Gasteiger partial charge in [-0.1, -0.05) is 19.3 Å². The first-order valence-electron chi connectivity index (χ1n) is 7.68. The molecule has 1 N–H and O–H groups in total. The molecule has 5 nitrogen and oxygen atoms in total. The fraction of sp³-hybridized carbons (Fsp3) is 0.562. The largest absolute Gasteiger partial charge is 0.342 e. The third kappa shape index (κ3) is 2.91. The van der Waals surface area contributed by atoms with Crippen LogP contribution in [-0.4, -0.2) is 29.4 Å². The molecule has 3 rings (SSSR count). The van der Waals surface area contributed by atoms with Gasteiger partial charge in [0.1, 0.15) is 12.6 Å². The highest BCUT2D eigenvalue weighted by Gasteiger charge is 2.38. The van der Waals surface area contributed by atoms with E-state index in [0.29, 0.717) is 5.69 Å². The molecule has 0 radical (unpaired) electrons. The molecule has 0 bridgehead atoms.